The Bertz CT molecular complexity index is 1050. The molecule has 0 radical (unpaired) electrons. The van der Waals surface area contributed by atoms with E-state index in [0.717, 1.165) is 10.5 Å². The number of hydrogen-bond donors (Lipinski definition) is 2. The number of likely N-dealkylation sites (N-methyl/N-ethyl adjacent to an activating group) is 1. The van der Waals surface area contributed by atoms with Gasteiger partial charge >= 0.3 is 0 Å². The lowest BCUT2D eigenvalue weighted by Crippen LogP contribution is -2.60. The number of carbonyl (C=O) groups excluding carboxylic acids is 2. The zero-order valence-corrected chi connectivity index (χ0v) is 20.1. The molecule has 180 valence electrons. The van der Waals surface area contributed by atoms with Crippen molar-refractivity contribution in [2.75, 3.05) is 38.1 Å². The molecule has 1 aliphatic heterocycles. The lowest BCUT2D eigenvalue weighted by molar-refractivity contribution is -0.864. The zero-order valence-electron chi connectivity index (χ0n) is 18.5. The van der Waals surface area contributed by atoms with Gasteiger partial charge in [0.25, 0.3) is 10.2 Å². The number of benzene rings is 1. The molecule has 1 fully saturated rings. The van der Waals surface area contributed by atoms with E-state index in [1.54, 1.807) is 29.6 Å². The fourth-order valence-corrected chi connectivity index (χ4v) is 5.38. The van der Waals surface area contributed by atoms with Gasteiger partial charge in [0.2, 0.25) is 11.8 Å². The lowest BCUT2D eigenvalue weighted by atomic mass is 10.0. The highest BCUT2D eigenvalue weighted by Crippen LogP contribution is 2.20. The Kier molecular flexibility index (Phi) is 7.82. The fraction of sp³-hybridized carbons (Fsp3) is 0.450. The molecule has 33 heavy (non-hydrogen) atoms. The van der Waals surface area contributed by atoms with Gasteiger partial charge in [0.05, 0.1) is 38.7 Å². The average Bonchev–Trinajstić information content (AvgIpc) is 3.28. The summed E-state index contributed by atoms with van der Waals surface area (Å²) in [6.07, 6.45) is 0.0498. The number of rotatable bonds is 9. The lowest BCUT2D eigenvalue weighted by Gasteiger charge is -2.44. The molecule has 0 unspecified atom stereocenters. The maximum Gasteiger partial charge on any atom is 0.280 e. The van der Waals surface area contributed by atoms with Gasteiger partial charge in [0.15, 0.2) is 0 Å². The first-order valence-corrected chi connectivity index (χ1v) is 12.8. The normalized spacial score (nSPS) is 18.4. The number of nitrogens with zero attached hydrogens (tertiary/aromatic N) is 4. The van der Waals surface area contributed by atoms with Crippen molar-refractivity contribution in [3.8, 4) is 0 Å². The van der Waals surface area contributed by atoms with E-state index in [1.807, 2.05) is 6.07 Å². The average molecular weight is 497 g/mol. The number of hydroxylamine groups is 3. The molecule has 3 rings (SSSR count). The van der Waals surface area contributed by atoms with Crippen molar-refractivity contribution in [2.24, 2.45) is 5.73 Å². The summed E-state index contributed by atoms with van der Waals surface area (Å²) in [4.78, 5) is 30.8. The molecule has 1 saturated heterocycles. The molecular formula is C20H28N6O5S2. The summed E-state index contributed by atoms with van der Waals surface area (Å²) in [6.45, 7) is 1.76. The summed E-state index contributed by atoms with van der Waals surface area (Å²) >= 11 is 1.23. The molecule has 0 spiro atoms. The Morgan fingerprint density at radius 1 is 1.30 bits per heavy atom. The van der Waals surface area contributed by atoms with Crippen molar-refractivity contribution >= 4 is 39.2 Å². The number of nitrogens with two attached hydrogens (primary N) is 1. The maximum atomic E-state index is 13.6. The SMILES string of the molecule is C[C@@H](C(N)=O)N(C(=O)[C@H](Cc1ccccc1)NS(=O)(=O)N1CC[N+](C)([O-])CC1)c1cscn1. The van der Waals surface area contributed by atoms with Crippen LogP contribution in [0.2, 0.25) is 0 Å². The van der Waals surface area contributed by atoms with Crippen LogP contribution in [0.4, 0.5) is 5.82 Å². The van der Waals surface area contributed by atoms with Gasteiger partial charge < -0.3 is 15.6 Å². The monoisotopic (exact) mass is 496 g/mol. The van der Waals surface area contributed by atoms with Gasteiger partial charge in [-0.1, -0.05) is 30.3 Å². The van der Waals surface area contributed by atoms with Crippen LogP contribution in [0.3, 0.4) is 0 Å². The molecule has 13 heteroatoms. The van der Waals surface area contributed by atoms with E-state index in [4.69, 9.17) is 5.73 Å². The minimum absolute atomic E-state index is 0.0368. The van der Waals surface area contributed by atoms with Crippen LogP contribution in [-0.2, 0) is 26.2 Å². The van der Waals surface area contributed by atoms with Gasteiger partial charge in [-0.25, -0.2) is 4.98 Å². The first kappa shape index (κ1) is 25.2. The minimum Gasteiger partial charge on any atom is -0.633 e. The van der Waals surface area contributed by atoms with Gasteiger partial charge in [0.1, 0.15) is 17.9 Å². The van der Waals surface area contributed by atoms with Gasteiger partial charge in [-0.15, -0.1) is 11.3 Å². The largest absolute Gasteiger partial charge is 0.633 e. The molecule has 2 atom stereocenters. The molecule has 0 saturated carbocycles. The molecule has 2 aromatic rings. The second kappa shape index (κ2) is 10.2. The van der Waals surface area contributed by atoms with Gasteiger partial charge in [0, 0.05) is 5.38 Å². The molecule has 1 aromatic heterocycles. The number of quaternary nitrogens is 1. The van der Waals surface area contributed by atoms with Crippen molar-refractivity contribution in [1.82, 2.24) is 14.0 Å². The minimum atomic E-state index is -4.09. The summed E-state index contributed by atoms with van der Waals surface area (Å²) in [5.74, 6) is -1.19. The van der Waals surface area contributed by atoms with E-state index < -0.39 is 38.8 Å². The number of amides is 2. The highest BCUT2D eigenvalue weighted by molar-refractivity contribution is 7.87. The van der Waals surface area contributed by atoms with Gasteiger partial charge in [-0.3, -0.25) is 14.5 Å². The van der Waals surface area contributed by atoms with Crippen molar-refractivity contribution in [1.29, 1.82) is 0 Å². The molecule has 11 nitrogen and oxygen atoms in total. The summed E-state index contributed by atoms with van der Waals surface area (Å²) < 4.78 is 29.4. The van der Waals surface area contributed by atoms with Crippen molar-refractivity contribution in [2.45, 2.75) is 25.4 Å². The number of thiazole rings is 1. The molecule has 2 heterocycles. The van der Waals surface area contributed by atoms with Crippen LogP contribution in [0.1, 0.15) is 12.5 Å². The van der Waals surface area contributed by atoms with Crippen molar-refractivity contribution in [3.05, 3.63) is 52.0 Å². The highest BCUT2D eigenvalue weighted by Gasteiger charge is 2.37. The molecular weight excluding hydrogens is 468 g/mol. The van der Waals surface area contributed by atoms with E-state index in [2.05, 4.69) is 9.71 Å². The van der Waals surface area contributed by atoms with Crippen LogP contribution < -0.4 is 15.4 Å². The molecule has 2 amide bonds. The number of aromatic nitrogens is 1. The number of anilines is 1. The Balaban J connectivity index is 1.91. The molecule has 0 aliphatic carbocycles. The fourth-order valence-electron chi connectivity index (χ4n) is 3.52. The second-order valence-corrected chi connectivity index (χ2v) is 10.6. The zero-order chi connectivity index (χ0) is 24.2. The third kappa shape index (κ3) is 6.34. The number of piperazine rings is 1. The summed E-state index contributed by atoms with van der Waals surface area (Å²) in [5.41, 5.74) is 7.70. The van der Waals surface area contributed by atoms with E-state index in [1.165, 1.54) is 35.1 Å². The number of carbonyl (C=O) groups is 2. The molecule has 0 bridgehead atoms. The predicted octanol–water partition coefficient (Wildman–Crippen LogP) is 0.0556. The van der Waals surface area contributed by atoms with E-state index in [9.17, 15) is 23.2 Å². The summed E-state index contributed by atoms with van der Waals surface area (Å²) in [5, 5.41) is 13.7. The molecule has 1 aromatic carbocycles. The van der Waals surface area contributed by atoms with Crippen molar-refractivity contribution in [3.63, 3.8) is 0 Å². The Morgan fingerprint density at radius 3 is 2.48 bits per heavy atom. The van der Waals surface area contributed by atoms with Crippen LogP contribution >= 0.6 is 11.3 Å². The second-order valence-electron chi connectivity index (χ2n) is 8.14. The van der Waals surface area contributed by atoms with Gasteiger partial charge in [-0.05, 0) is 18.9 Å². The quantitative estimate of drug-likeness (QED) is 0.370. The third-order valence-electron chi connectivity index (χ3n) is 5.56. The standard InChI is InChI=1S/C20H28N6O5S2/c1-15(19(21)27)25(18-13-32-14-22-18)20(28)17(12-16-6-4-3-5-7-16)23-33(30,31)24-8-10-26(2,29)11-9-24/h3-7,13-15,17,23H,8-12H2,1-2H3,(H2,21,27)/t15-,17-/m0/s1. The Labute approximate surface area is 197 Å². The first-order chi connectivity index (χ1) is 15.5. The first-order valence-electron chi connectivity index (χ1n) is 10.4. The maximum absolute atomic E-state index is 13.6. The van der Waals surface area contributed by atoms with E-state index >= 15 is 0 Å². The Morgan fingerprint density at radius 2 is 1.94 bits per heavy atom. The van der Waals surface area contributed by atoms with Crippen LogP contribution in [-0.4, -0.2) is 79.5 Å². The summed E-state index contributed by atoms with van der Waals surface area (Å²) in [6, 6.07) is 6.67. The number of hydrogen-bond acceptors (Lipinski definition) is 7. The van der Waals surface area contributed by atoms with Crippen LogP contribution in [0.25, 0.3) is 0 Å². The van der Waals surface area contributed by atoms with Crippen LogP contribution in [0.5, 0.6) is 0 Å². The van der Waals surface area contributed by atoms with E-state index in [0.29, 0.717) is 0 Å². The molecule has 1 aliphatic rings. The van der Waals surface area contributed by atoms with Crippen LogP contribution in [0, 0.1) is 5.21 Å². The summed E-state index contributed by atoms with van der Waals surface area (Å²) in [7, 11) is -2.60. The third-order valence-corrected chi connectivity index (χ3v) is 7.76. The topological polar surface area (TPSA) is 149 Å². The Hall–Kier alpha value is -2.42. The van der Waals surface area contributed by atoms with Crippen molar-refractivity contribution < 1.29 is 22.7 Å². The van der Waals surface area contributed by atoms with E-state index in [-0.39, 0.29) is 38.4 Å². The van der Waals surface area contributed by atoms with Crippen LogP contribution in [0.15, 0.2) is 41.2 Å². The van der Waals surface area contributed by atoms with Gasteiger partial charge in [-0.2, -0.15) is 17.4 Å². The number of nitrogens with one attached hydrogen (secondary N) is 1. The predicted molar refractivity (Wildman–Crippen MR) is 125 cm³/mol. The molecule has 3 N–H and O–H groups in total. The smallest absolute Gasteiger partial charge is 0.280 e. The highest BCUT2D eigenvalue weighted by atomic mass is 32.2. The number of primary amides is 1.